The number of pyridine rings is 1. The second-order valence-corrected chi connectivity index (χ2v) is 4.95. The van der Waals surface area contributed by atoms with Crippen molar-refractivity contribution in [1.82, 2.24) is 15.1 Å². The second-order valence-electron chi connectivity index (χ2n) is 4.95. The van der Waals surface area contributed by atoms with Gasteiger partial charge in [0.05, 0.1) is 5.54 Å². The molecule has 2 aromatic heterocycles. The van der Waals surface area contributed by atoms with Crippen molar-refractivity contribution < 1.29 is 4.52 Å². The minimum atomic E-state index is -0.435. The van der Waals surface area contributed by atoms with Crippen molar-refractivity contribution in [3.05, 3.63) is 29.8 Å². The van der Waals surface area contributed by atoms with Crippen LogP contribution in [0.5, 0.6) is 0 Å². The fraction of sp³-hybridized carbons (Fsp3) is 0.462. The number of nitrogens with zero attached hydrogens (tertiary/aromatic N) is 3. The molecule has 94 valence electrons. The van der Waals surface area contributed by atoms with E-state index in [1.54, 1.807) is 0 Å². The van der Waals surface area contributed by atoms with Gasteiger partial charge in [-0.05, 0) is 31.9 Å². The lowest BCUT2D eigenvalue weighted by Crippen LogP contribution is -2.33. The van der Waals surface area contributed by atoms with Gasteiger partial charge in [0.15, 0.2) is 0 Å². The number of aryl methyl sites for hydroxylation is 1. The van der Waals surface area contributed by atoms with Crippen molar-refractivity contribution in [2.75, 3.05) is 0 Å². The Morgan fingerprint density at radius 3 is 2.72 bits per heavy atom. The van der Waals surface area contributed by atoms with Crippen molar-refractivity contribution in [3.63, 3.8) is 0 Å². The number of aromatic nitrogens is 3. The number of rotatable bonds is 2. The zero-order chi connectivity index (χ0) is 12.6. The van der Waals surface area contributed by atoms with Crippen molar-refractivity contribution in [2.24, 2.45) is 5.73 Å². The Balaban J connectivity index is 1.94. The third kappa shape index (κ3) is 1.90. The summed E-state index contributed by atoms with van der Waals surface area (Å²) in [6.07, 6.45) is 4.07. The van der Waals surface area contributed by atoms with E-state index < -0.39 is 5.54 Å². The molecular weight excluding hydrogens is 228 g/mol. The van der Waals surface area contributed by atoms with E-state index in [1.807, 2.05) is 25.1 Å². The number of hydrogen-bond donors (Lipinski definition) is 1. The summed E-state index contributed by atoms with van der Waals surface area (Å²) in [6.45, 7) is 1.94. The lowest BCUT2D eigenvalue weighted by molar-refractivity contribution is 0.285. The third-order valence-electron chi connectivity index (χ3n) is 3.47. The molecule has 2 aromatic rings. The predicted octanol–water partition coefficient (Wildman–Crippen LogP) is 2.17. The highest BCUT2D eigenvalue weighted by molar-refractivity contribution is 5.48. The minimum absolute atomic E-state index is 0.435. The highest BCUT2D eigenvalue weighted by Gasteiger charge is 2.37. The Morgan fingerprint density at radius 2 is 2.00 bits per heavy atom. The van der Waals surface area contributed by atoms with E-state index in [0.29, 0.717) is 11.7 Å². The van der Waals surface area contributed by atoms with Gasteiger partial charge in [0.1, 0.15) is 5.69 Å². The summed E-state index contributed by atoms with van der Waals surface area (Å²) < 4.78 is 5.32. The molecule has 3 rings (SSSR count). The van der Waals surface area contributed by atoms with E-state index in [9.17, 15) is 0 Å². The molecular formula is C13H16N4O. The molecule has 0 bridgehead atoms. The monoisotopic (exact) mass is 244 g/mol. The molecule has 1 fully saturated rings. The van der Waals surface area contributed by atoms with E-state index in [4.69, 9.17) is 10.3 Å². The van der Waals surface area contributed by atoms with Gasteiger partial charge in [-0.25, -0.2) is 4.98 Å². The van der Waals surface area contributed by atoms with E-state index in [1.165, 1.54) is 0 Å². The molecule has 1 aliphatic carbocycles. The van der Waals surface area contributed by atoms with Gasteiger partial charge >= 0.3 is 0 Å². The molecule has 18 heavy (non-hydrogen) atoms. The molecule has 2 heterocycles. The third-order valence-corrected chi connectivity index (χ3v) is 3.47. The maximum Gasteiger partial charge on any atom is 0.247 e. The summed E-state index contributed by atoms with van der Waals surface area (Å²) in [5.41, 5.74) is 7.51. The highest BCUT2D eigenvalue weighted by atomic mass is 16.5. The van der Waals surface area contributed by atoms with Gasteiger partial charge in [-0.1, -0.05) is 24.1 Å². The molecule has 5 heteroatoms. The summed E-state index contributed by atoms with van der Waals surface area (Å²) >= 11 is 0. The first-order chi connectivity index (χ1) is 8.67. The van der Waals surface area contributed by atoms with Crippen LogP contribution in [0.25, 0.3) is 11.5 Å². The van der Waals surface area contributed by atoms with Gasteiger partial charge in [-0.2, -0.15) is 4.98 Å². The normalized spacial score (nSPS) is 18.1. The molecule has 0 saturated heterocycles. The molecule has 2 N–H and O–H groups in total. The predicted molar refractivity (Wildman–Crippen MR) is 66.6 cm³/mol. The Hall–Kier alpha value is -1.75. The Labute approximate surface area is 105 Å². The first-order valence-corrected chi connectivity index (χ1v) is 6.24. The van der Waals surface area contributed by atoms with Crippen LogP contribution < -0.4 is 5.73 Å². The lowest BCUT2D eigenvalue weighted by Gasteiger charge is -2.17. The molecule has 1 aliphatic rings. The van der Waals surface area contributed by atoms with Gasteiger partial charge in [0, 0.05) is 5.69 Å². The van der Waals surface area contributed by atoms with Gasteiger partial charge < -0.3 is 10.3 Å². The average molecular weight is 244 g/mol. The SMILES string of the molecule is Cc1cccc(-c2noc(C3(N)CCCC3)n2)n1. The van der Waals surface area contributed by atoms with Crippen LogP contribution in [-0.4, -0.2) is 15.1 Å². The smallest absolute Gasteiger partial charge is 0.247 e. The average Bonchev–Trinajstić information content (AvgIpc) is 2.98. The van der Waals surface area contributed by atoms with Crippen molar-refractivity contribution in [1.29, 1.82) is 0 Å². The van der Waals surface area contributed by atoms with Crippen LogP contribution in [0.4, 0.5) is 0 Å². The number of hydrogen-bond acceptors (Lipinski definition) is 5. The van der Waals surface area contributed by atoms with E-state index in [-0.39, 0.29) is 0 Å². The summed E-state index contributed by atoms with van der Waals surface area (Å²) in [5, 5.41) is 3.99. The van der Waals surface area contributed by atoms with Crippen LogP contribution in [0.15, 0.2) is 22.7 Å². The summed E-state index contributed by atoms with van der Waals surface area (Å²) in [6, 6.07) is 5.74. The molecule has 0 aromatic carbocycles. The van der Waals surface area contributed by atoms with Crippen LogP contribution in [0.1, 0.15) is 37.3 Å². The van der Waals surface area contributed by atoms with Crippen LogP contribution in [-0.2, 0) is 5.54 Å². The van der Waals surface area contributed by atoms with Crippen LogP contribution in [0.2, 0.25) is 0 Å². The largest absolute Gasteiger partial charge is 0.337 e. The molecule has 0 atom stereocenters. The lowest BCUT2D eigenvalue weighted by atomic mass is 9.99. The van der Waals surface area contributed by atoms with Crippen LogP contribution >= 0.6 is 0 Å². The van der Waals surface area contributed by atoms with Crippen molar-refractivity contribution >= 4 is 0 Å². The Bertz CT molecular complexity index is 558. The van der Waals surface area contributed by atoms with Crippen molar-refractivity contribution in [2.45, 2.75) is 38.1 Å². The van der Waals surface area contributed by atoms with E-state index in [2.05, 4.69) is 15.1 Å². The van der Waals surface area contributed by atoms with Gasteiger partial charge in [-0.15, -0.1) is 0 Å². The molecule has 5 nitrogen and oxygen atoms in total. The van der Waals surface area contributed by atoms with Crippen LogP contribution in [0.3, 0.4) is 0 Å². The Morgan fingerprint density at radius 1 is 1.22 bits per heavy atom. The quantitative estimate of drug-likeness (QED) is 0.875. The Kier molecular flexibility index (Phi) is 2.63. The molecule has 0 amide bonds. The fourth-order valence-electron chi connectivity index (χ4n) is 2.42. The van der Waals surface area contributed by atoms with Gasteiger partial charge in [-0.3, -0.25) is 0 Å². The van der Waals surface area contributed by atoms with Crippen LogP contribution in [0, 0.1) is 6.92 Å². The first kappa shape index (κ1) is 11.3. The first-order valence-electron chi connectivity index (χ1n) is 6.24. The summed E-state index contributed by atoms with van der Waals surface area (Å²) in [4.78, 5) is 8.79. The maximum absolute atomic E-state index is 6.29. The van der Waals surface area contributed by atoms with Gasteiger partial charge in [0.25, 0.3) is 0 Å². The van der Waals surface area contributed by atoms with Gasteiger partial charge in [0.2, 0.25) is 11.7 Å². The molecule has 0 unspecified atom stereocenters. The zero-order valence-corrected chi connectivity index (χ0v) is 10.4. The topological polar surface area (TPSA) is 77.8 Å². The summed E-state index contributed by atoms with van der Waals surface area (Å²) in [7, 11) is 0. The van der Waals surface area contributed by atoms with E-state index in [0.717, 1.165) is 37.1 Å². The van der Waals surface area contributed by atoms with E-state index >= 15 is 0 Å². The maximum atomic E-state index is 6.29. The molecule has 1 saturated carbocycles. The molecule has 0 aliphatic heterocycles. The minimum Gasteiger partial charge on any atom is -0.337 e. The number of nitrogens with two attached hydrogens (primary N) is 1. The molecule has 0 radical (unpaired) electrons. The highest BCUT2D eigenvalue weighted by Crippen LogP contribution is 2.35. The second kappa shape index (κ2) is 4.17. The van der Waals surface area contributed by atoms with Crippen molar-refractivity contribution in [3.8, 4) is 11.5 Å². The summed E-state index contributed by atoms with van der Waals surface area (Å²) in [5.74, 6) is 1.06. The zero-order valence-electron chi connectivity index (χ0n) is 10.4. The standard InChI is InChI=1S/C13H16N4O/c1-9-5-4-6-10(15-9)11-16-12(18-17-11)13(14)7-2-3-8-13/h4-6H,2-3,7-8,14H2,1H3. The fourth-order valence-corrected chi connectivity index (χ4v) is 2.42. The molecule has 0 spiro atoms.